The van der Waals surface area contributed by atoms with Crippen LogP contribution in [-0.2, 0) is 15.6 Å². The van der Waals surface area contributed by atoms with Crippen molar-refractivity contribution in [2.24, 2.45) is 0 Å². The fourth-order valence-electron chi connectivity index (χ4n) is 2.64. The highest BCUT2D eigenvalue weighted by Gasteiger charge is 2.29. The first-order valence-electron chi connectivity index (χ1n) is 8.00. The lowest BCUT2D eigenvalue weighted by Crippen LogP contribution is -2.38. The maximum absolute atomic E-state index is 12.7. The van der Waals surface area contributed by atoms with E-state index in [0.29, 0.717) is 17.1 Å². The molecule has 26 heavy (non-hydrogen) atoms. The topological polar surface area (TPSA) is 94.1 Å². The van der Waals surface area contributed by atoms with Gasteiger partial charge in [-0.15, -0.1) is 0 Å². The number of benzene rings is 2. The van der Waals surface area contributed by atoms with E-state index in [1.807, 2.05) is 0 Å². The van der Waals surface area contributed by atoms with E-state index < -0.39 is 15.6 Å². The maximum atomic E-state index is 12.7. The SMILES string of the molecule is COc1ccc(C)cc1S(=O)(=O)NCC(C)(O)c1ccc2c(c1)OCO2. The van der Waals surface area contributed by atoms with E-state index in [0.717, 1.165) is 5.56 Å². The number of rotatable bonds is 6. The predicted octanol–water partition coefficient (Wildman–Crippen LogP) is 1.92. The molecule has 0 saturated heterocycles. The minimum absolute atomic E-state index is 0.0292. The molecule has 0 amide bonds. The lowest BCUT2D eigenvalue weighted by atomic mass is 9.96. The molecule has 0 spiro atoms. The molecule has 2 aromatic carbocycles. The molecular formula is C18H21NO6S. The summed E-state index contributed by atoms with van der Waals surface area (Å²) in [5, 5.41) is 10.8. The summed E-state index contributed by atoms with van der Waals surface area (Å²) in [6, 6.07) is 9.89. The molecule has 3 rings (SSSR count). The molecule has 1 aliphatic heterocycles. The van der Waals surface area contributed by atoms with E-state index in [1.54, 1.807) is 37.3 Å². The van der Waals surface area contributed by atoms with Gasteiger partial charge in [-0.1, -0.05) is 12.1 Å². The Balaban J connectivity index is 1.82. The number of sulfonamides is 1. The molecule has 8 heteroatoms. The third kappa shape index (κ3) is 3.62. The van der Waals surface area contributed by atoms with Crippen LogP contribution in [0.4, 0.5) is 0 Å². The van der Waals surface area contributed by atoms with E-state index >= 15 is 0 Å². The number of fused-ring (bicyclic) bond motifs is 1. The second-order valence-electron chi connectivity index (χ2n) is 6.32. The van der Waals surface area contributed by atoms with Crippen molar-refractivity contribution in [1.82, 2.24) is 4.72 Å². The van der Waals surface area contributed by atoms with Crippen LogP contribution in [0.2, 0.25) is 0 Å². The largest absolute Gasteiger partial charge is 0.495 e. The van der Waals surface area contributed by atoms with Crippen LogP contribution in [0.1, 0.15) is 18.1 Å². The first kappa shape index (κ1) is 18.5. The molecule has 0 fully saturated rings. The van der Waals surface area contributed by atoms with Gasteiger partial charge >= 0.3 is 0 Å². The molecule has 0 aliphatic carbocycles. The van der Waals surface area contributed by atoms with Crippen LogP contribution in [0.3, 0.4) is 0 Å². The highest BCUT2D eigenvalue weighted by atomic mass is 32.2. The smallest absolute Gasteiger partial charge is 0.244 e. The van der Waals surface area contributed by atoms with Gasteiger partial charge in [0.25, 0.3) is 0 Å². The van der Waals surface area contributed by atoms with E-state index in [4.69, 9.17) is 14.2 Å². The number of hydrogen-bond donors (Lipinski definition) is 2. The summed E-state index contributed by atoms with van der Waals surface area (Å²) in [5.41, 5.74) is -0.139. The van der Waals surface area contributed by atoms with Crippen LogP contribution in [0, 0.1) is 6.92 Å². The van der Waals surface area contributed by atoms with Crippen molar-refractivity contribution in [3.05, 3.63) is 47.5 Å². The van der Waals surface area contributed by atoms with Crippen molar-refractivity contribution >= 4 is 10.0 Å². The Hall–Kier alpha value is -2.29. The minimum Gasteiger partial charge on any atom is -0.495 e. The molecule has 1 aliphatic rings. The van der Waals surface area contributed by atoms with E-state index in [9.17, 15) is 13.5 Å². The number of ether oxygens (including phenoxy) is 3. The second kappa shape index (κ2) is 6.79. The molecule has 2 aromatic rings. The molecule has 7 nitrogen and oxygen atoms in total. The normalized spacial score (nSPS) is 15.5. The summed E-state index contributed by atoms with van der Waals surface area (Å²) in [7, 11) is -2.46. The van der Waals surface area contributed by atoms with Gasteiger partial charge in [0, 0.05) is 6.54 Å². The van der Waals surface area contributed by atoms with E-state index in [-0.39, 0.29) is 24.0 Å². The van der Waals surface area contributed by atoms with Crippen LogP contribution in [0.5, 0.6) is 17.2 Å². The van der Waals surface area contributed by atoms with Gasteiger partial charge in [-0.3, -0.25) is 0 Å². The van der Waals surface area contributed by atoms with Gasteiger partial charge < -0.3 is 19.3 Å². The van der Waals surface area contributed by atoms with E-state index in [1.165, 1.54) is 20.1 Å². The first-order chi connectivity index (χ1) is 12.2. The summed E-state index contributed by atoms with van der Waals surface area (Å²) in [6.45, 7) is 3.23. The van der Waals surface area contributed by atoms with Crippen molar-refractivity contribution in [1.29, 1.82) is 0 Å². The average Bonchev–Trinajstić information content (AvgIpc) is 3.08. The van der Waals surface area contributed by atoms with Crippen LogP contribution in [-0.4, -0.2) is 34.0 Å². The first-order valence-corrected chi connectivity index (χ1v) is 9.48. The molecule has 140 valence electrons. The molecule has 1 heterocycles. The number of aryl methyl sites for hydroxylation is 1. The van der Waals surface area contributed by atoms with Gasteiger partial charge in [0.05, 0.1) is 7.11 Å². The van der Waals surface area contributed by atoms with Gasteiger partial charge in [-0.05, 0) is 49.2 Å². The second-order valence-corrected chi connectivity index (χ2v) is 8.06. The van der Waals surface area contributed by atoms with Gasteiger partial charge in [0.15, 0.2) is 11.5 Å². The van der Waals surface area contributed by atoms with Gasteiger partial charge in [-0.25, -0.2) is 13.1 Å². The van der Waals surface area contributed by atoms with Crippen LogP contribution >= 0.6 is 0 Å². The van der Waals surface area contributed by atoms with Gasteiger partial charge in [0.2, 0.25) is 16.8 Å². The molecule has 0 radical (unpaired) electrons. The third-order valence-corrected chi connectivity index (χ3v) is 5.63. The summed E-state index contributed by atoms with van der Waals surface area (Å²) >= 11 is 0. The Morgan fingerprint density at radius 3 is 2.65 bits per heavy atom. The lowest BCUT2D eigenvalue weighted by molar-refractivity contribution is 0.0625. The Morgan fingerprint density at radius 2 is 1.92 bits per heavy atom. The molecule has 0 bridgehead atoms. The minimum atomic E-state index is -3.87. The van der Waals surface area contributed by atoms with Gasteiger partial charge in [-0.2, -0.15) is 0 Å². The fraction of sp³-hybridized carbons (Fsp3) is 0.333. The molecule has 1 atom stereocenters. The average molecular weight is 379 g/mol. The van der Waals surface area contributed by atoms with Gasteiger partial charge in [0.1, 0.15) is 16.2 Å². The number of nitrogens with one attached hydrogen (secondary N) is 1. The zero-order chi connectivity index (χ0) is 18.9. The molecule has 1 unspecified atom stereocenters. The molecule has 0 saturated carbocycles. The van der Waals surface area contributed by atoms with Crippen molar-refractivity contribution in [2.45, 2.75) is 24.3 Å². The fourth-order valence-corrected chi connectivity index (χ4v) is 4.02. The van der Waals surface area contributed by atoms with Crippen LogP contribution in [0.25, 0.3) is 0 Å². The number of methoxy groups -OCH3 is 1. The van der Waals surface area contributed by atoms with Crippen molar-refractivity contribution in [3.8, 4) is 17.2 Å². The predicted molar refractivity (Wildman–Crippen MR) is 95.1 cm³/mol. The Bertz CT molecular complexity index is 923. The quantitative estimate of drug-likeness (QED) is 0.796. The number of hydrogen-bond acceptors (Lipinski definition) is 6. The Labute approximate surface area is 152 Å². The van der Waals surface area contributed by atoms with E-state index in [2.05, 4.69) is 4.72 Å². The Kier molecular flexibility index (Phi) is 4.83. The molecule has 0 aromatic heterocycles. The van der Waals surface area contributed by atoms with Crippen molar-refractivity contribution in [2.75, 3.05) is 20.4 Å². The zero-order valence-corrected chi connectivity index (χ0v) is 15.6. The highest BCUT2D eigenvalue weighted by molar-refractivity contribution is 7.89. The Morgan fingerprint density at radius 1 is 1.19 bits per heavy atom. The molecule has 2 N–H and O–H groups in total. The van der Waals surface area contributed by atoms with Crippen LogP contribution < -0.4 is 18.9 Å². The summed E-state index contributed by atoms with van der Waals surface area (Å²) in [4.78, 5) is 0.0292. The number of aliphatic hydroxyl groups is 1. The zero-order valence-electron chi connectivity index (χ0n) is 14.8. The van der Waals surface area contributed by atoms with Crippen molar-refractivity contribution in [3.63, 3.8) is 0 Å². The summed E-state index contributed by atoms with van der Waals surface area (Å²) < 4.78 is 43.5. The molecular weight excluding hydrogens is 358 g/mol. The third-order valence-electron chi connectivity index (χ3n) is 4.21. The summed E-state index contributed by atoms with van der Waals surface area (Å²) in [5.74, 6) is 1.35. The van der Waals surface area contributed by atoms with Crippen LogP contribution in [0.15, 0.2) is 41.3 Å². The summed E-state index contributed by atoms with van der Waals surface area (Å²) in [6.07, 6.45) is 0. The monoisotopic (exact) mass is 379 g/mol. The highest BCUT2D eigenvalue weighted by Crippen LogP contribution is 2.35. The standard InChI is InChI=1S/C18H21NO6S/c1-12-4-6-15(23-3)17(8-12)26(21,22)19-10-18(2,20)13-5-7-14-16(9-13)25-11-24-14/h4-9,19-20H,10-11H2,1-3H3. The lowest BCUT2D eigenvalue weighted by Gasteiger charge is -2.24. The maximum Gasteiger partial charge on any atom is 0.244 e. The van der Waals surface area contributed by atoms with Crippen molar-refractivity contribution < 1.29 is 27.7 Å².